The molecule has 0 radical (unpaired) electrons. The Hall–Kier alpha value is -2.28. The number of aliphatic hydroxyl groups is 1. The average molecular weight is 445 g/mol. The summed E-state index contributed by atoms with van der Waals surface area (Å²) in [6.07, 6.45) is 5.60. The summed E-state index contributed by atoms with van der Waals surface area (Å²) in [6.45, 7) is 4.60. The van der Waals surface area contributed by atoms with Crippen LogP contribution in [0.2, 0.25) is 0 Å². The molecule has 0 spiro atoms. The fourth-order valence-electron chi connectivity index (χ4n) is 7.35. The number of aldehydes is 1. The number of fused-ring (bicyclic) bond motifs is 5. The van der Waals surface area contributed by atoms with Gasteiger partial charge < -0.3 is 14.6 Å². The normalized spacial score (nSPS) is 40.6. The van der Waals surface area contributed by atoms with E-state index in [2.05, 4.69) is 6.92 Å². The number of methoxy groups -OCH3 is 1. The zero-order valence-electron chi connectivity index (χ0n) is 19.2. The smallest absolute Gasteiger partial charge is 0.303 e. The molecule has 6 atom stereocenters. The van der Waals surface area contributed by atoms with Gasteiger partial charge in [-0.25, -0.2) is 0 Å². The molecule has 0 unspecified atom stereocenters. The van der Waals surface area contributed by atoms with Gasteiger partial charge in [0, 0.05) is 36.5 Å². The van der Waals surface area contributed by atoms with Gasteiger partial charge >= 0.3 is 5.97 Å². The second-order valence-electron chi connectivity index (χ2n) is 10.4. The van der Waals surface area contributed by atoms with Crippen molar-refractivity contribution in [1.82, 2.24) is 0 Å². The maximum atomic E-state index is 13.7. The number of ketones is 2. The number of ether oxygens (including phenoxy) is 2. The van der Waals surface area contributed by atoms with Crippen LogP contribution in [0.1, 0.15) is 59.3 Å². The number of allylic oxidation sites excluding steroid dienone is 4. The van der Waals surface area contributed by atoms with E-state index >= 15 is 0 Å². The molecular weight excluding hydrogens is 412 g/mol. The molecule has 0 aromatic rings. The molecule has 0 amide bonds. The molecule has 4 rings (SSSR count). The number of hydrogen-bond donors (Lipinski definition) is 1. The quantitative estimate of drug-likeness (QED) is 0.513. The lowest BCUT2D eigenvalue weighted by Gasteiger charge is -2.57. The van der Waals surface area contributed by atoms with Crippen LogP contribution in [0.5, 0.6) is 0 Å². The number of carbonyl (C=O) groups excluding carboxylic acids is 4. The minimum absolute atomic E-state index is 0.0357. The van der Waals surface area contributed by atoms with Crippen LogP contribution >= 0.6 is 0 Å². The molecule has 2 saturated carbocycles. The number of rotatable bonds is 5. The van der Waals surface area contributed by atoms with Crippen molar-refractivity contribution in [2.75, 3.05) is 13.7 Å². The molecule has 7 nitrogen and oxygen atoms in total. The van der Waals surface area contributed by atoms with E-state index in [0.29, 0.717) is 31.3 Å². The van der Waals surface area contributed by atoms with E-state index < -0.39 is 34.8 Å². The third kappa shape index (κ3) is 3.04. The summed E-state index contributed by atoms with van der Waals surface area (Å²) in [4.78, 5) is 49.9. The van der Waals surface area contributed by atoms with Gasteiger partial charge in [-0.3, -0.25) is 19.2 Å². The highest BCUT2D eigenvalue weighted by Crippen LogP contribution is 2.66. The molecule has 1 N–H and O–H groups in total. The SMILES string of the molecule is COC1=CC2=C(C=O)C[C@@H]3[C@H](C(=O)C[C@@]4(C)[C@H]3CC[C@]4(O)C(=O)COC(C)=O)[C@@]2(C)CC1. The first-order chi connectivity index (χ1) is 15.0. The zero-order chi connectivity index (χ0) is 23.5. The number of hydrogen-bond acceptors (Lipinski definition) is 7. The molecule has 32 heavy (non-hydrogen) atoms. The highest BCUT2D eigenvalue weighted by molar-refractivity contribution is 5.94. The summed E-state index contributed by atoms with van der Waals surface area (Å²) in [5.41, 5.74) is -1.57. The van der Waals surface area contributed by atoms with E-state index in [1.165, 1.54) is 6.92 Å². The third-order valence-corrected chi connectivity index (χ3v) is 8.99. The monoisotopic (exact) mass is 444 g/mol. The van der Waals surface area contributed by atoms with Crippen LogP contribution in [-0.2, 0) is 28.7 Å². The van der Waals surface area contributed by atoms with E-state index in [4.69, 9.17) is 9.47 Å². The average Bonchev–Trinajstić information content (AvgIpc) is 3.02. The standard InChI is InChI=1S/C25H32O7/c1-14(27)32-13-21(29)25(30)8-6-18-17-9-15(12-26)19-10-16(31-4)5-7-23(19,2)22(17)20(28)11-24(18,25)3/h10,12,17-18,22,30H,5-9,11,13H2,1-4H3/t17-,18-,22+,23-,24-,25-/m0/s1. The van der Waals surface area contributed by atoms with Crippen LogP contribution in [0.4, 0.5) is 0 Å². The maximum absolute atomic E-state index is 13.7. The summed E-state index contributed by atoms with van der Waals surface area (Å²) in [5, 5.41) is 11.5. The van der Waals surface area contributed by atoms with Crippen molar-refractivity contribution in [2.24, 2.45) is 28.6 Å². The summed E-state index contributed by atoms with van der Waals surface area (Å²) >= 11 is 0. The number of Topliss-reactive ketones (excluding diaryl/α,β-unsaturated/α-hetero) is 2. The highest BCUT2D eigenvalue weighted by atomic mass is 16.5. The molecule has 0 heterocycles. The van der Waals surface area contributed by atoms with Gasteiger partial charge in [-0.2, -0.15) is 0 Å². The predicted molar refractivity (Wildman–Crippen MR) is 114 cm³/mol. The fraction of sp³-hybridized carbons (Fsp3) is 0.680. The van der Waals surface area contributed by atoms with E-state index in [9.17, 15) is 24.3 Å². The van der Waals surface area contributed by atoms with Crippen molar-refractivity contribution in [3.63, 3.8) is 0 Å². The topological polar surface area (TPSA) is 107 Å². The van der Waals surface area contributed by atoms with Crippen molar-refractivity contribution >= 4 is 23.8 Å². The molecule has 2 fully saturated rings. The molecule has 4 aliphatic rings. The highest BCUT2D eigenvalue weighted by Gasteiger charge is 2.68. The van der Waals surface area contributed by atoms with Crippen molar-refractivity contribution in [2.45, 2.75) is 64.9 Å². The largest absolute Gasteiger partial charge is 0.501 e. The molecule has 7 heteroatoms. The second-order valence-corrected chi connectivity index (χ2v) is 10.4. The molecular formula is C25H32O7. The maximum Gasteiger partial charge on any atom is 0.303 e. The lowest BCUT2D eigenvalue weighted by Crippen LogP contribution is -2.61. The van der Waals surface area contributed by atoms with E-state index in [1.54, 1.807) is 7.11 Å². The molecule has 0 saturated heterocycles. The summed E-state index contributed by atoms with van der Waals surface area (Å²) in [5.74, 6) is -0.761. The Morgan fingerprint density at radius 2 is 2.00 bits per heavy atom. The van der Waals surface area contributed by atoms with Crippen LogP contribution in [0.3, 0.4) is 0 Å². The van der Waals surface area contributed by atoms with Gasteiger partial charge in [-0.15, -0.1) is 0 Å². The first-order valence-corrected chi connectivity index (χ1v) is 11.4. The van der Waals surface area contributed by atoms with Crippen molar-refractivity contribution < 1.29 is 33.8 Å². The fourth-order valence-corrected chi connectivity index (χ4v) is 7.35. The van der Waals surface area contributed by atoms with Crippen LogP contribution in [0.15, 0.2) is 23.0 Å². The first kappa shape index (κ1) is 22.9. The molecule has 0 bridgehead atoms. The Morgan fingerprint density at radius 1 is 1.28 bits per heavy atom. The summed E-state index contributed by atoms with van der Waals surface area (Å²) in [7, 11) is 1.62. The minimum atomic E-state index is -1.73. The summed E-state index contributed by atoms with van der Waals surface area (Å²) in [6, 6.07) is 0. The second kappa shape index (κ2) is 7.65. The van der Waals surface area contributed by atoms with E-state index in [-0.39, 0.29) is 36.4 Å². The molecule has 0 aliphatic heterocycles. The van der Waals surface area contributed by atoms with Crippen molar-refractivity contribution in [1.29, 1.82) is 0 Å². The molecule has 0 aromatic carbocycles. The van der Waals surface area contributed by atoms with Crippen LogP contribution < -0.4 is 0 Å². The Balaban J connectivity index is 1.74. The van der Waals surface area contributed by atoms with Crippen molar-refractivity contribution in [3.8, 4) is 0 Å². The Bertz CT molecular complexity index is 946. The van der Waals surface area contributed by atoms with Gasteiger partial charge in [0.1, 0.15) is 17.7 Å². The molecule has 0 aromatic heterocycles. The van der Waals surface area contributed by atoms with Crippen molar-refractivity contribution in [3.05, 3.63) is 23.0 Å². The Kier molecular flexibility index (Phi) is 5.47. The summed E-state index contributed by atoms with van der Waals surface area (Å²) < 4.78 is 10.3. The molecule has 4 aliphatic carbocycles. The van der Waals surface area contributed by atoms with Gasteiger partial charge in [0.25, 0.3) is 0 Å². The van der Waals surface area contributed by atoms with Gasteiger partial charge in [-0.1, -0.05) is 13.8 Å². The minimum Gasteiger partial charge on any atom is -0.501 e. The third-order valence-electron chi connectivity index (χ3n) is 8.99. The van der Waals surface area contributed by atoms with Gasteiger partial charge in [0.2, 0.25) is 5.78 Å². The van der Waals surface area contributed by atoms with Gasteiger partial charge in [0.15, 0.2) is 6.61 Å². The Morgan fingerprint density at radius 3 is 2.62 bits per heavy atom. The molecule has 174 valence electrons. The van der Waals surface area contributed by atoms with Crippen LogP contribution in [0.25, 0.3) is 0 Å². The zero-order valence-corrected chi connectivity index (χ0v) is 19.2. The number of carbonyl (C=O) groups is 4. The van der Waals surface area contributed by atoms with E-state index in [1.807, 2.05) is 13.0 Å². The van der Waals surface area contributed by atoms with E-state index in [0.717, 1.165) is 17.6 Å². The van der Waals surface area contributed by atoms with Crippen LogP contribution in [0, 0.1) is 28.6 Å². The lowest BCUT2D eigenvalue weighted by molar-refractivity contribution is -0.172. The lowest BCUT2D eigenvalue weighted by atomic mass is 9.46. The van der Waals surface area contributed by atoms with Gasteiger partial charge in [0.05, 0.1) is 12.9 Å². The predicted octanol–water partition coefficient (Wildman–Crippen LogP) is 2.70. The van der Waals surface area contributed by atoms with Crippen LogP contribution in [-0.4, -0.2) is 48.2 Å². The number of esters is 1. The first-order valence-electron chi connectivity index (χ1n) is 11.4. The van der Waals surface area contributed by atoms with Gasteiger partial charge in [-0.05, 0) is 54.7 Å². The Labute approximate surface area is 188 Å².